The first-order valence-electron chi connectivity index (χ1n) is 7.55. The van der Waals surface area contributed by atoms with Crippen molar-refractivity contribution in [2.75, 3.05) is 13.2 Å². The lowest BCUT2D eigenvalue weighted by atomic mass is 10.2. The summed E-state index contributed by atoms with van der Waals surface area (Å²) in [4.78, 5) is 4.20. The van der Waals surface area contributed by atoms with Gasteiger partial charge in [0.25, 0.3) is 0 Å². The number of nitrogens with zero attached hydrogens (tertiary/aromatic N) is 2. The van der Waals surface area contributed by atoms with Crippen molar-refractivity contribution < 1.29 is 4.74 Å². The van der Waals surface area contributed by atoms with Crippen molar-refractivity contribution in [3.05, 3.63) is 48.0 Å². The SMILES string of the molecule is Cc1nccn1CCOc1cccc(CNCC(C)C)c1. The summed E-state index contributed by atoms with van der Waals surface area (Å²) in [5.41, 5.74) is 1.26. The minimum Gasteiger partial charge on any atom is -0.492 e. The second kappa shape index (κ2) is 7.84. The maximum Gasteiger partial charge on any atom is 0.119 e. The van der Waals surface area contributed by atoms with Gasteiger partial charge in [-0.25, -0.2) is 4.98 Å². The van der Waals surface area contributed by atoms with Crippen LogP contribution < -0.4 is 10.1 Å². The Bertz CT molecular complexity index is 548. The molecule has 0 saturated heterocycles. The van der Waals surface area contributed by atoms with Crippen molar-refractivity contribution in [3.8, 4) is 5.75 Å². The number of hydrogen-bond donors (Lipinski definition) is 1. The Balaban J connectivity index is 1.79. The van der Waals surface area contributed by atoms with E-state index in [-0.39, 0.29) is 0 Å². The van der Waals surface area contributed by atoms with E-state index in [1.54, 1.807) is 0 Å². The van der Waals surface area contributed by atoms with Gasteiger partial charge in [-0.05, 0) is 37.1 Å². The first-order chi connectivity index (χ1) is 10.1. The second-order valence-electron chi connectivity index (χ2n) is 5.69. The Kier molecular flexibility index (Phi) is 5.81. The Morgan fingerprint density at radius 1 is 1.33 bits per heavy atom. The molecule has 4 heteroatoms. The summed E-state index contributed by atoms with van der Waals surface area (Å²) < 4.78 is 7.92. The van der Waals surface area contributed by atoms with E-state index in [1.807, 2.05) is 31.5 Å². The van der Waals surface area contributed by atoms with Crippen molar-refractivity contribution in [2.45, 2.75) is 33.9 Å². The molecule has 0 spiro atoms. The molecule has 0 unspecified atom stereocenters. The first kappa shape index (κ1) is 15.6. The van der Waals surface area contributed by atoms with E-state index in [1.165, 1.54) is 5.56 Å². The van der Waals surface area contributed by atoms with E-state index < -0.39 is 0 Å². The van der Waals surface area contributed by atoms with E-state index in [4.69, 9.17) is 4.74 Å². The van der Waals surface area contributed by atoms with Crippen LogP contribution in [0.1, 0.15) is 25.2 Å². The van der Waals surface area contributed by atoms with Gasteiger partial charge in [0, 0.05) is 18.9 Å². The number of imidazole rings is 1. The number of benzene rings is 1. The Hall–Kier alpha value is -1.81. The molecule has 0 fully saturated rings. The maximum atomic E-state index is 5.83. The quantitative estimate of drug-likeness (QED) is 0.811. The third-order valence-corrected chi connectivity index (χ3v) is 3.30. The molecule has 0 aliphatic carbocycles. The largest absolute Gasteiger partial charge is 0.492 e. The van der Waals surface area contributed by atoms with Crippen LogP contribution in [-0.2, 0) is 13.1 Å². The summed E-state index contributed by atoms with van der Waals surface area (Å²) >= 11 is 0. The molecule has 114 valence electrons. The molecule has 0 amide bonds. The normalized spacial score (nSPS) is 11.0. The van der Waals surface area contributed by atoms with Crippen LogP contribution in [0, 0.1) is 12.8 Å². The highest BCUT2D eigenvalue weighted by molar-refractivity contribution is 5.28. The summed E-state index contributed by atoms with van der Waals surface area (Å²) in [6.45, 7) is 9.82. The van der Waals surface area contributed by atoms with E-state index in [9.17, 15) is 0 Å². The summed E-state index contributed by atoms with van der Waals surface area (Å²) in [5.74, 6) is 2.62. The van der Waals surface area contributed by atoms with Crippen LogP contribution in [-0.4, -0.2) is 22.7 Å². The van der Waals surface area contributed by atoms with Crippen molar-refractivity contribution in [1.29, 1.82) is 0 Å². The van der Waals surface area contributed by atoms with Crippen LogP contribution in [0.5, 0.6) is 5.75 Å². The zero-order chi connectivity index (χ0) is 15.1. The van der Waals surface area contributed by atoms with E-state index in [0.717, 1.165) is 31.2 Å². The summed E-state index contributed by atoms with van der Waals surface area (Å²) in [5, 5.41) is 3.45. The Morgan fingerprint density at radius 3 is 2.90 bits per heavy atom. The lowest BCUT2D eigenvalue weighted by Gasteiger charge is -2.11. The van der Waals surface area contributed by atoms with E-state index in [2.05, 4.69) is 40.8 Å². The molecule has 1 aromatic carbocycles. The summed E-state index contributed by atoms with van der Waals surface area (Å²) in [6.07, 6.45) is 3.79. The third kappa shape index (κ3) is 5.23. The number of rotatable bonds is 8. The van der Waals surface area contributed by atoms with Crippen molar-refractivity contribution in [3.63, 3.8) is 0 Å². The lowest BCUT2D eigenvalue weighted by Crippen LogP contribution is -2.18. The number of nitrogens with one attached hydrogen (secondary N) is 1. The zero-order valence-corrected chi connectivity index (χ0v) is 13.2. The molecule has 0 bridgehead atoms. The van der Waals surface area contributed by atoms with Crippen LogP contribution in [0.2, 0.25) is 0 Å². The lowest BCUT2D eigenvalue weighted by molar-refractivity contribution is 0.296. The van der Waals surface area contributed by atoms with Gasteiger partial charge in [0.2, 0.25) is 0 Å². The van der Waals surface area contributed by atoms with E-state index in [0.29, 0.717) is 12.5 Å². The smallest absolute Gasteiger partial charge is 0.119 e. The van der Waals surface area contributed by atoms with Crippen LogP contribution in [0.25, 0.3) is 0 Å². The number of aromatic nitrogens is 2. The molecule has 0 aliphatic rings. The predicted octanol–water partition coefficient (Wildman–Crippen LogP) is 3.02. The average molecular weight is 287 g/mol. The molecular weight excluding hydrogens is 262 g/mol. The first-order valence-corrected chi connectivity index (χ1v) is 7.55. The topological polar surface area (TPSA) is 39.1 Å². The minimum atomic E-state index is 0.653. The van der Waals surface area contributed by atoms with Crippen LogP contribution in [0.4, 0.5) is 0 Å². The highest BCUT2D eigenvalue weighted by Gasteiger charge is 2.00. The van der Waals surface area contributed by atoms with Crippen molar-refractivity contribution in [2.24, 2.45) is 5.92 Å². The number of hydrogen-bond acceptors (Lipinski definition) is 3. The molecule has 0 radical (unpaired) electrons. The van der Waals surface area contributed by atoms with Gasteiger partial charge in [-0.2, -0.15) is 0 Å². The predicted molar refractivity (Wildman–Crippen MR) is 85.4 cm³/mol. The molecule has 0 aliphatic heterocycles. The number of aryl methyl sites for hydroxylation is 1. The maximum absolute atomic E-state index is 5.83. The highest BCUT2D eigenvalue weighted by atomic mass is 16.5. The Labute approximate surface area is 127 Å². The van der Waals surface area contributed by atoms with Gasteiger partial charge >= 0.3 is 0 Å². The highest BCUT2D eigenvalue weighted by Crippen LogP contribution is 2.13. The molecule has 0 saturated carbocycles. The fourth-order valence-corrected chi connectivity index (χ4v) is 2.15. The van der Waals surface area contributed by atoms with Gasteiger partial charge in [-0.15, -0.1) is 0 Å². The van der Waals surface area contributed by atoms with Gasteiger partial charge < -0.3 is 14.6 Å². The van der Waals surface area contributed by atoms with Gasteiger partial charge in [0.1, 0.15) is 18.2 Å². The molecule has 21 heavy (non-hydrogen) atoms. The van der Waals surface area contributed by atoms with Crippen LogP contribution in [0.3, 0.4) is 0 Å². The van der Waals surface area contributed by atoms with Gasteiger partial charge in [0.15, 0.2) is 0 Å². The van der Waals surface area contributed by atoms with Gasteiger partial charge in [-0.1, -0.05) is 26.0 Å². The monoisotopic (exact) mass is 287 g/mol. The fourth-order valence-electron chi connectivity index (χ4n) is 2.15. The molecule has 1 heterocycles. The number of ether oxygens (including phenoxy) is 1. The molecule has 1 N–H and O–H groups in total. The molecule has 2 rings (SSSR count). The third-order valence-electron chi connectivity index (χ3n) is 3.30. The van der Waals surface area contributed by atoms with Crippen molar-refractivity contribution >= 4 is 0 Å². The molecule has 1 aromatic heterocycles. The minimum absolute atomic E-state index is 0.653. The van der Waals surface area contributed by atoms with Gasteiger partial charge in [0.05, 0.1) is 6.54 Å². The molecular formula is C17H25N3O. The standard InChI is InChI=1S/C17H25N3O/c1-14(2)12-18-13-16-5-4-6-17(11-16)21-10-9-20-8-7-19-15(20)3/h4-8,11,14,18H,9-10,12-13H2,1-3H3. The van der Waals surface area contributed by atoms with E-state index >= 15 is 0 Å². The summed E-state index contributed by atoms with van der Waals surface area (Å²) in [7, 11) is 0. The zero-order valence-electron chi connectivity index (χ0n) is 13.2. The van der Waals surface area contributed by atoms with Crippen LogP contribution >= 0.6 is 0 Å². The van der Waals surface area contributed by atoms with Crippen LogP contribution in [0.15, 0.2) is 36.7 Å². The summed E-state index contributed by atoms with van der Waals surface area (Å²) in [6, 6.07) is 8.28. The Morgan fingerprint density at radius 2 is 2.19 bits per heavy atom. The van der Waals surface area contributed by atoms with Gasteiger partial charge in [-0.3, -0.25) is 0 Å². The molecule has 2 aromatic rings. The second-order valence-corrected chi connectivity index (χ2v) is 5.69. The average Bonchev–Trinajstić information content (AvgIpc) is 2.85. The molecule has 4 nitrogen and oxygen atoms in total. The molecule has 0 atom stereocenters. The van der Waals surface area contributed by atoms with Crippen molar-refractivity contribution in [1.82, 2.24) is 14.9 Å². The fraction of sp³-hybridized carbons (Fsp3) is 0.471.